The van der Waals surface area contributed by atoms with E-state index in [9.17, 15) is 0 Å². The Morgan fingerprint density at radius 2 is 1.90 bits per heavy atom. The molecule has 0 amide bonds. The fourth-order valence-electron chi connectivity index (χ4n) is 2.47. The lowest BCUT2D eigenvalue weighted by molar-refractivity contribution is 0.139. The molecule has 3 heteroatoms. The van der Waals surface area contributed by atoms with Gasteiger partial charge in [-0.2, -0.15) is 0 Å². The molecule has 1 unspecified atom stereocenters. The van der Waals surface area contributed by atoms with Gasteiger partial charge < -0.3 is 14.8 Å². The molecule has 0 aliphatic heterocycles. The van der Waals surface area contributed by atoms with Crippen LogP contribution >= 0.6 is 0 Å². The number of hydrogen-bond acceptors (Lipinski definition) is 3. The van der Waals surface area contributed by atoms with Crippen LogP contribution in [0.25, 0.3) is 0 Å². The molecule has 0 aromatic heterocycles. The zero-order valence-electron chi connectivity index (χ0n) is 13.9. The zero-order valence-corrected chi connectivity index (χ0v) is 13.9. The van der Waals surface area contributed by atoms with Crippen molar-refractivity contribution in [1.82, 2.24) is 5.32 Å². The van der Waals surface area contributed by atoms with E-state index in [0.29, 0.717) is 5.92 Å². The van der Waals surface area contributed by atoms with Gasteiger partial charge in [0.05, 0.1) is 7.11 Å². The average molecular weight is 293 g/mol. The van der Waals surface area contributed by atoms with Crippen LogP contribution < -0.4 is 10.1 Å². The molecule has 1 rings (SSSR count). The lowest BCUT2D eigenvalue weighted by Crippen LogP contribution is -2.25. The maximum absolute atomic E-state index is 5.45. The van der Waals surface area contributed by atoms with E-state index in [0.717, 1.165) is 44.9 Å². The van der Waals surface area contributed by atoms with Gasteiger partial charge >= 0.3 is 0 Å². The van der Waals surface area contributed by atoms with Crippen molar-refractivity contribution in [1.29, 1.82) is 0 Å². The van der Waals surface area contributed by atoms with Crippen LogP contribution in [0.3, 0.4) is 0 Å². The van der Waals surface area contributed by atoms with Crippen molar-refractivity contribution in [2.24, 2.45) is 5.92 Å². The number of ether oxygens (including phenoxy) is 2. The quantitative estimate of drug-likeness (QED) is 0.596. The molecule has 0 saturated heterocycles. The van der Waals surface area contributed by atoms with E-state index in [-0.39, 0.29) is 0 Å². The third-order valence-electron chi connectivity index (χ3n) is 3.65. The smallest absolute Gasteiger partial charge is 0.118 e. The molecular weight excluding hydrogens is 262 g/mol. The van der Waals surface area contributed by atoms with Crippen molar-refractivity contribution >= 4 is 0 Å². The highest BCUT2D eigenvalue weighted by Gasteiger charge is 2.09. The maximum Gasteiger partial charge on any atom is 0.118 e. The highest BCUT2D eigenvalue weighted by atomic mass is 16.5. The van der Waals surface area contributed by atoms with Crippen LogP contribution in [0.15, 0.2) is 24.3 Å². The molecule has 0 aliphatic rings. The molecule has 3 nitrogen and oxygen atoms in total. The summed E-state index contributed by atoms with van der Waals surface area (Å²) >= 11 is 0. The first kappa shape index (κ1) is 18.0. The van der Waals surface area contributed by atoms with E-state index in [1.807, 2.05) is 12.1 Å². The molecule has 0 radical (unpaired) electrons. The second-order valence-corrected chi connectivity index (χ2v) is 5.46. The normalized spacial score (nSPS) is 12.3. The third kappa shape index (κ3) is 8.08. The van der Waals surface area contributed by atoms with Crippen molar-refractivity contribution in [2.45, 2.75) is 39.5 Å². The molecule has 21 heavy (non-hydrogen) atoms. The van der Waals surface area contributed by atoms with Crippen LogP contribution in [-0.2, 0) is 11.2 Å². The van der Waals surface area contributed by atoms with E-state index < -0.39 is 0 Å². The highest BCUT2D eigenvalue weighted by molar-refractivity contribution is 5.27. The van der Waals surface area contributed by atoms with Gasteiger partial charge in [-0.25, -0.2) is 0 Å². The van der Waals surface area contributed by atoms with Gasteiger partial charge in [0.1, 0.15) is 5.75 Å². The van der Waals surface area contributed by atoms with Crippen molar-refractivity contribution in [3.05, 3.63) is 29.8 Å². The number of hydrogen-bond donors (Lipinski definition) is 1. The zero-order chi connectivity index (χ0) is 15.3. The van der Waals surface area contributed by atoms with Crippen LogP contribution in [0.1, 0.15) is 38.7 Å². The van der Waals surface area contributed by atoms with E-state index in [1.54, 1.807) is 7.11 Å². The lowest BCUT2D eigenvalue weighted by atomic mass is 9.94. The molecule has 0 spiro atoms. The van der Waals surface area contributed by atoms with E-state index in [4.69, 9.17) is 9.47 Å². The summed E-state index contributed by atoms with van der Waals surface area (Å²) in [6.07, 6.45) is 4.66. The summed E-state index contributed by atoms with van der Waals surface area (Å²) in [7, 11) is 1.71. The number of benzene rings is 1. The lowest BCUT2D eigenvalue weighted by Gasteiger charge is -2.18. The Morgan fingerprint density at radius 1 is 1.14 bits per heavy atom. The van der Waals surface area contributed by atoms with Gasteiger partial charge in [-0.15, -0.1) is 0 Å². The largest absolute Gasteiger partial charge is 0.497 e. The first-order valence-corrected chi connectivity index (χ1v) is 8.21. The van der Waals surface area contributed by atoms with Gasteiger partial charge in [-0.05, 0) is 69.3 Å². The van der Waals surface area contributed by atoms with Crippen LogP contribution in [-0.4, -0.2) is 33.4 Å². The molecule has 1 atom stereocenters. The maximum atomic E-state index is 5.45. The summed E-state index contributed by atoms with van der Waals surface area (Å²) in [5.41, 5.74) is 1.38. The van der Waals surface area contributed by atoms with Crippen molar-refractivity contribution < 1.29 is 9.47 Å². The summed E-state index contributed by atoms with van der Waals surface area (Å²) < 4.78 is 10.7. The van der Waals surface area contributed by atoms with Gasteiger partial charge in [-0.3, -0.25) is 0 Å². The summed E-state index contributed by atoms with van der Waals surface area (Å²) in [5, 5.41) is 3.55. The van der Waals surface area contributed by atoms with Crippen LogP contribution in [0.4, 0.5) is 0 Å². The summed E-state index contributed by atoms with van der Waals surface area (Å²) in [4.78, 5) is 0. The molecule has 0 fully saturated rings. The number of methoxy groups -OCH3 is 1. The number of rotatable bonds is 12. The fourth-order valence-corrected chi connectivity index (χ4v) is 2.47. The Balaban J connectivity index is 2.44. The molecule has 0 saturated carbocycles. The van der Waals surface area contributed by atoms with Gasteiger partial charge in [0.25, 0.3) is 0 Å². The molecule has 1 aromatic rings. The highest BCUT2D eigenvalue weighted by Crippen LogP contribution is 2.17. The summed E-state index contributed by atoms with van der Waals surface area (Å²) in [5.74, 6) is 1.60. The Bertz CT molecular complexity index is 351. The standard InChI is InChI=1S/C18H31NO2/c1-4-12-19-15-17(7-6-13-21-5-2)14-16-8-10-18(20-3)11-9-16/h8-11,17,19H,4-7,12-15H2,1-3H3. The van der Waals surface area contributed by atoms with Gasteiger partial charge in [0.15, 0.2) is 0 Å². The molecule has 0 aliphatic carbocycles. The Hall–Kier alpha value is -1.06. The Morgan fingerprint density at radius 3 is 2.52 bits per heavy atom. The first-order chi connectivity index (χ1) is 10.3. The van der Waals surface area contributed by atoms with E-state index in [1.165, 1.54) is 18.4 Å². The third-order valence-corrected chi connectivity index (χ3v) is 3.65. The minimum absolute atomic E-state index is 0.672. The van der Waals surface area contributed by atoms with Gasteiger partial charge in [0, 0.05) is 13.2 Å². The second kappa shape index (κ2) is 11.6. The summed E-state index contributed by atoms with van der Waals surface area (Å²) in [6, 6.07) is 8.44. The molecular formula is C18H31NO2. The Kier molecular flexibility index (Phi) is 9.92. The van der Waals surface area contributed by atoms with Crippen LogP contribution in [0, 0.1) is 5.92 Å². The summed E-state index contributed by atoms with van der Waals surface area (Å²) in [6.45, 7) is 8.15. The SMILES string of the molecule is CCCNCC(CCCOCC)Cc1ccc(OC)cc1. The van der Waals surface area contributed by atoms with E-state index >= 15 is 0 Å². The number of nitrogens with one attached hydrogen (secondary N) is 1. The van der Waals surface area contributed by atoms with Crippen LogP contribution in [0.2, 0.25) is 0 Å². The van der Waals surface area contributed by atoms with Crippen molar-refractivity contribution in [3.63, 3.8) is 0 Å². The van der Waals surface area contributed by atoms with Crippen molar-refractivity contribution in [3.8, 4) is 5.75 Å². The molecule has 0 heterocycles. The van der Waals surface area contributed by atoms with Crippen LogP contribution in [0.5, 0.6) is 5.75 Å². The van der Waals surface area contributed by atoms with Gasteiger partial charge in [-0.1, -0.05) is 19.1 Å². The van der Waals surface area contributed by atoms with E-state index in [2.05, 4.69) is 31.3 Å². The average Bonchev–Trinajstić information content (AvgIpc) is 2.52. The van der Waals surface area contributed by atoms with Crippen molar-refractivity contribution in [2.75, 3.05) is 33.4 Å². The second-order valence-electron chi connectivity index (χ2n) is 5.46. The first-order valence-electron chi connectivity index (χ1n) is 8.21. The topological polar surface area (TPSA) is 30.5 Å². The Labute approximate surface area is 130 Å². The monoisotopic (exact) mass is 293 g/mol. The predicted molar refractivity (Wildman–Crippen MR) is 89.1 cm³/mol. The minimum Gasteiger partial charge on any atom is -0.497 e. The molecule has 1 aromatic carbocycles. The predicted octanol–water partition coefficient (Wildman–Crippen LogP) is 3.67. The molecule has 1 N–H and O–H groups in total. The molecule has 120 valence electrons. The fraction of sp³-hybridized carbons (Fsp3) is 0.667. The minimum atomic E-state index is 0.672. The molecule has 0 bridgehead atoms. The van der Waals surface area contributed by atoms with Gasteiger partial charge in [0.2, 0.25) is 0 Å².